The molecular weight excluding hydrogens is 260 g/mol. The number of halogens is 1. The molecule has 0 aliphatic heterocycles. The maximum atomic E-state index is 11.3. The average molecular weight is 273 g/mol. The quantitative estimate of drug-likeness (QED) is 0.876. The predicted octanol–water partition coefficient (Wildman–Crippen LogP) is 1.62. The van der Waals surface area contributed by atoms with E-state index in [0.29, 0.717) is 11.4 Å². The van der Waals surface area contributed by atoms with Crippen LogP contribution in [0, 0.1) is 0 Å². The molecule has 0 spiro atoms. The molecule has 1 aromatic rings. The summed E-state index contributed by atoms with van der Waals surface area (Å²) in [6, 6.07) is 5.40. The van der Waals surface area contributed by atoms with Crippen molar-refractivity contribution < 1.29 is 9.53 Å². The largest absolute Gasteiger partial charge is 0.497 e. The van der Waals surface area contributed by atoms with Crippen LogP contribution in [0.2, 0.25) is 0 Å². The van der Waals surface area contributed by atoms with Crippen molar-refractivity contribution in [3.63, 3.8) is 0 Å². The highest BCUT2D eigenvalue weighted by Gasteiger charge is 2.03. The van der Waals surface area contributed by atoms with E-state index in [-0.39, 0.29) is 12.5 Å². The summed E-state index contributed by atoms with van der Waals surface area (Å²) in [7, 11) is 3.31. The molecule has 0 radical (unpaired) electrons. The van der Waals surface area contributed by atoms with Gasteiger partial charge in [-0.2, -0.15) is 0 Å². The summed E-state index contributed by atoms with van der Waals surface area (Å²) in [5.74, 6) is 0.613. The molecule has 0 aliphatic carbocycles. The Balaban J connectivity index is 2.76. The number of anilines is 1. The molecule has 0 aromatic heterocycles. The van der Waals surface area contributed by atoms with Crippen molar-refractivity contribution in [2.45, 2.75) is 0 Å². The van der Waals surface area contributed by atoms with Crippen LogP contribution in [0.4, 0.5) is 5.69 Å². The summed E-state index contributed by atoms with van der Waals surface area (Å²) in [5, 5.41) is 5.52. The third-order valence-electron chi connectivity index (χ3n) is 1.73. The molecule has 2 N–H and O–H groups in total. The summed E-state index contributed by atoms with van der Waals surface area (Å²) < 4.78 is 5.94. The smallest absolute Gasteiger partial charge is 0.238 e. The summed E-state index contributed by atoms with van der Waals surface area (Å²) in [5.41, 5.74) is 0.710. The van der Waals surface area contributed by atoms with E-state index in [1.807, 2.05) is 12.1 Å². The second kappa shape index (κ2) is 5.72. The van der Waals surface area contributed by atoms with E-state index in [2.05, 4.69) is 26.6 Å². The number of ether oxygens (including phenoxy) is 1. The molecule has 0 atom stereocenters. The first-order valence-electron chi connectivity index (χ1n) is 4.44. The Morgan fingerprint density at radius 3 is 2.80 bits per heavy atom. The molecule has 0 unspecified atom stereocenters. The minimum Gasteiger partial charge on any atom is -0.497 e. The highest BCUT2D eigenvalue weighted by Crippen LogP contribution is 2.24. The molecule has 0 heterocycles. The van der Waals surface area contributed by atoms with Gasteiger partial charge in [0.1, 0.15) is 5.75 Å². The fourth-order valence-electron chi connectivity index (χ4n) is 1.12. The van der Waals surface area contributed by atoms with E-state index >= 15 is 0 Å². The van der Waals surface area contributed by atoms with Gasteiger partial charge in [0, 0.05) is 16.2 Å². The number of carbonyl (C=O) groups is 1. The molecule has 5 heteroatoms. The number of likely N-dealkylation sites (N-methyl/N-ethyl adjacent to an activating group) is 1. The van der Waals surface area contributed by atoms with Crippen molar-refractivity contribution in [2.75, 3.05) is 26.0 Å². The summed E-state index contributed by atoms with van der Waals surface area (Å²) in [6.45, 7) is 0.287. The van der Waals surface area contributed by atoms with Gasteiger partial charge in [-0.25, -0.2) is 0 Å². The van der Waals surface area contributed by atoms with Gasteiger partial charge in [-0.05, 0) is 19.2 Å². The van der Waals surface area contributed by atoms with E-state index < -0.39 is 0 Å². The Morgan fingerprint density at radius 1 is 1.47 bits per heavy atom. The standard InChI is InChI=1S/C10H13BrN2O2/c1-12-6-10(14)13-8-3-7(11)4-9(5-8)15-2/h3-5,12H,6H2,1-2H3,(H,13,14). The van der Waals surface area contributed by atoms with Crippen LogP contribution in [-0.4, -0.2) is 26.6 Å². The van der Waals surface area contributed by atoms with E-state index in [1.165, 1.54) is 0 Å². The number of amides is 1. The molecule has 0 saturated carbocycles. The Morgan fingerprint density at radius 2 is 2.20 bits per heavy atom. The van der Waals surface area contributed by atoms with Gasteiger partial charge in [0.25, 0.3) is 0 Å². The lowest BCUT2D eigenvalue weighted by Crippen LogP contribution is -2.25. The van der Waals surface area contributed by atoms with Gasteiger partial charge in [-0.3, -0.25) is 4.79 Å². The fraction of sp³-hybridized carbons (Fsp3) is 0.300. The number of carbonyl (C=O) groups excluding carboxylic acids is 1. The minimum absolute atomic E-state index is 0.0855. The molecule has 4 nitrogen and oxygen atoms in total. The first-order valence-corrected chi connectivity index (χ1v) is 5.24. The highest BCUT2D eigenvalue weighted by molar-refractivity contribution is 9.10. The van der Waals surface area contributed by atoms with Crippen molar-refractivity contribution in [3.8, 4) is 5.75 Å². The number of benzene rings is 1. The first kappa shape index (κ1) is 12.0. The van der Waals surface area contributed by atoms with Crippen molar-refractivity contribution in [3.05, 3.63) is 22.7 Å². The predicted molar refractivity (Wildman–Crippen MR) is 63.3 cm³/mol. The van der Waals surface area contributed by atoms with Gasteiger partial charge in [-0.1, -0.05) is 15.9 Å². The number of rotatable bonds is 4. The molecule has 82 valence electrons. The van der Waals surface area contributed by atoms with E-state index in [1.54, 1.807) is 20.2 Å². The second-order valence-corrected chi connectivity index (χ2v) is 3.87. The number of hydrogen-bond acceptors (Lipinski definition) is 3. The topological polar surface area (TPSA) is 50.4 Å². The summed E-state index contributed by atoms with van der Waals surface area (Å²) in [4.78, 5) is 11.3. The first-order chi connectivity index (χ1) is 7.15. The molecule has 1 amide bonds. The number of methoxy groups -OCH3 is 1. The molecule has 15 heavy (non-hydrogen) atoms. The second-order valence-electron chi connectivity index (χ2n) is 2.96. The Kier molecular flexibility index (Phi) is 4.58. The molecule has 0 fully saturated rings. The van der Waals surface area contributed by atoms with Crippen LogP contribution in [0.5, 0.6) is 5.75 Å². The zero-order chi connectivity index (χ0) is 11.3. The molecule has 0 saturated heterocycles. The number of hydrogen-bond donors (Lipinski definition) is 2. The van der Waals surface area contributed by atoms with E-state index in [4.69, 9.17) is 4.74 Å². The SMILES string of the molecule is CNCC(=O)Nc1cc(Br)cc(OC)c1. The third-order valence-corrected chi connectivity index (χ3v) is 2.19. The van der Waals surface area contributed by atoms with Crippen LogP contribution in [0.15, 0.2) is 22.7 Å². The van der Waals surface area contributed by atoms with Gasteiger partial charge in [0.15, 0.2) is 0 Å². The van der Waals surface area contributed by atoms with Crippen LogP contribution in [0.3, 0.4) is 0 Å². The highest BCUT2D eigenvalue weighted by atomic mass is 79.9. The van der Waals surface area contributed by atoms with Crippen LogP contribution in [0.1, 0.15) is 0 Å². The fourth-order valence-corrected chi connectivity index (χ4v) is 1.59. The van der Waals surface area contributed by atoms with Gasteiger partial charge in [0.05, 0.1) is 13.7 Å². The summed E-state index contributed by atoms with van der Waals surface area (Å²) >= 11 is 3.34. The van der Waals surface area contributed by atoms with E-state index in [0.717, 1.165) is 4.47 Å². The maximum Gasteiger partial charge on any atom is 0.238 e. The Labute approximate surface area is 97.1 Å². The van der Waals surface area contributed by atoms with Crippen LogP contribution >= 0.6 is 15.9 Å². The van der Waals surface area contributed by atoms with Gasteiger partial charge in [-0.15, -0.1) is 0 Å². The zero-order valence-electron chi connectivity index (χ0n) is 8.63. The Hall–Kier alpha value is -1.07. The molecule has 1 aromatic carbocycles. The van der Waals surface area contributed by atoms with Gasteiger partial charge < -0.3 is 15.4 Å². The van der Waals surface area contributed by atoms with Crippen molar-refractivity contribution in [2.24, 2.45) is 0 Å². The lowest BCUT2D eigenvalue weighted by Gasteiger charge is -2.07. The monoisotopic (exact) mass is 272 g/mol. The van der Waals surface area contributed by atoms with Gasteiger partial charge in [0.2, 0.25) is 5.91 Å². The zero-order valence-corrected chi connectivity index (χ0v) is 10.2. The molecular formula is C10H13BrN2O2. The summed E-state index contributed by atoms with van der Waals surface area (Å²) in [6.07, 6.45) is 0. The molecule has 0 aliphatic rings. The normalized spacial score (nSPS) is 9.80. The van der Waals surface area contributed by atoms with Crippen molar-refractivity contribution >= 4 is 27.5 Å². The third kappa shape index (κ3) is 3.89. The lowest BCUT2D eigenvalue weighted by molar-refractivity contribution is -0.115. The van der Waals surface area contributed by atoms with Crippen molar-refractivity contribution in [1.29, 1.82) is 0 Å². The minimum atomic E-state index is -0.0855. The lowest BCUT2D eigenvalue weighted by atomic mass is 10.3. The average Bonchev–Trinajstić information content (AvgIpc) is 2.17. The number of nitrogens with one attached hydrogen (secondary N) is 2. The maximum absolute atomic E-state index is 11.3. The molecule has 0 bridgehead atoms. The van der Waals surface area contributed by atoms with Crippen LogP contribution in [0.25, 0.3) is 0 Å². The van der Waals surface area contributed by atoms with Crippen LogP contribution < -0.4 is 15.4 Å². The van der Waals surface area contributed by atoms with Crippen molar-refractivity contribution in [1.82, 2.24) is 5.32 Å². The molecule has 1 rings (SSSR count). The van der Waals surface area contributed by atoms with Gasteiger partial charge >= 0.3 is 0 Å². The van der Waals surface area contributed by atoms with Crippen LogP contribution in [-0.2, 0) is 4.79 Å². The Bertz CT molecular complexity index is 355. The van der Waals surface area contributed by atoms with E-state index in [9.17, 15) is 4.79 Å².